The van der Waals surface area contributed by atoms with Crippen LogP contribution in [0.3, 0.4) is 0 Å². The van der Waals surface area contributed by atoms with Gasteiger partial charge in [-0.1, -0.05) is 11.8 Å². The average molecular weight is 222 g/mol. The van der Waals surface area contributed by atoms with E-state index in [1.54, 1.807) is 6.92 Å². The Kier molecular flexibility index (Phi) is 4.34. The van der Waals surface area contributed by atoms with Crippen molar-refractivity contribution in [3.63, 3.8) is 0 Å². The third-order valence-corrected chi connectivity index (χ3v) is 1.70. The van der Waals surface area contributed by atoms with Gasteiger partial charge in [0.15, 0.2) is 0 Å². The largest absolute Gasteiger partial charge is 0.493 e. The van der Waals surface area contributed by atoms with E-state index in [0.29, 0.717) is 17.9 Å². The van der Waals surface area contributed by atoms with Crippen LogP contribution < -0.4 is 4.74 Å². The van der Waals surface area contributed by atoms with E-state index in [2.05, 4.69) is 11.8 Å². The first-order valence-corrected chi connectivity index (χ1v) is 4.76. The van der Waals surface area contributed by atoms with Crippen molar-refractivity contribution >= 4 is 5.97 Å². The SMILES string of the molecule is CCOc1ccc(F)cc1C#CCC(=O)O. The van der Waals surface area contributed by atoms with E-state index in [1.807, 2.05) is 0 Å². The number of aliphatic carboxylic acids is 1. The normalized spacial score (nSPS) is 9.12. The van der Waals surface area contributed by atoms with Gasteiger partial charge in [-0.3, -0.25) is 4.79 Å². The number of benzene rings is 1. The molecule has 0 saturated carbocycles. The van der Waals surface area contributed by atoms with Gasteiger partial charge in [-0.15, -0.1) is 0 Å². The van der Waals surface area contributed by atoms with Crippen LogP contribution in [0.4, 0.5) is 4.39 Å². The van der Waals surface area contributed by atoms with E-state index in [0.717, 1.165) is 0 Å². The van der Waals surface area contributed by atoms with Crippen molar-refractivity contribution in [1.29, 1.82) is 0 Å². The lowest BCUT2D eigenvalue weighted by Gasteiger charge is -2.04. The number of hydrogen-bond donors (Lipinski definition) is 1. The molecule has 0 saturated heterocycles. The molecule has 3 nitrogen and oxygen atoms in total. The number of carbonyl (C=O) groups is 1. The highest BCUT2D eigenvalue weighted by atomic mass is 19.1. The molecule has 0 atom stereocenters. The minimum atomic E-state index is -1.01. The predicted molar refractivity (Wildman–Crippen MR) is 56.7 cm³/mol. The Morgan fingerprint density at radius 1 is 1.56 bits per heavy atom. The fourth-order valence-corrected chi connectivity index (χ4v) is 1.10. The Morgan fingerprint density at radius 2 is 2.31 bits per heavy atom. The molecule has 0 aliphatic rings. The minimum absolute atomic E-state index is 0.276. The van der Waals surface area contributed by atoms with Gasteiger partial charge in [0.1, 0.15) is 18.0 Å². The first-order chi connectivity index (χ1) is 7.63. The summed E-state index contributed by atoms with van der Waals surface area (Å²) in [6.07, 6.45) is -0.276. The summed E-state index contributed by atoms with van der Waals surface area (Å²) in [5.41, 5.74) is 0.364. The van der Waals surface area contributed by atoms with Crippen LogP contribution in [0, 0.1) is 17.7 Å². The summed E-state index contributed by atoms with van der Waals surface area (Å²) < 4.78 is 18.2. The number of rotatable bonds is 3. The van der Waals surface area contributed by atoms with Crippen LogP contribution in [-0.2, 0) is 4.79 Å². The highest BCUT2D eigenvalue weighted by Gasteiger charge is 2.02. The van der Waals surface area contributed by atoms with Crippen LogP contribution in [0.25, 0.3) is 0 Å². The number of ether oxygens (including phenoxy) is 1. The molecule has 0 spiro atoms. The number of carboxylic acid groups (broad SMARTS) is 1. The fraction of sp³-hybridized carbons (Fsp3) is 0.250. The summed E-state index contributed by atoms with van der Waals surface area (Å²) in [6.45, 7) is 2.25. The third kappa shape index (κ3) is 3.62. The Bertz CT molecular complexity index is 443. The number of carboxylic acids is 1. The maximum atomic E-state index is 12.9. The van der Waals surface area contributed by atoms with Gasteiger partial charge >= 0.3 is 5.97 Å². The second-order valence-corrected chi connectivity index (χ2v) is 2.95. The summed E-state index contributed by atoms with van der Waals surface area (Å²) in [7, 11) is 0. The Balaban J connectivity index is 2.94. The molecular weight excluding hydrogens is 211 g/mol. The van der Waals surface area contributed by atoms with Gasteiger partial charge in [-0.2, -0.15) is 0 Å². The van der Waals surface area contributed by atoms with Crippen LogP contribution in [0.5, 0.6) is 5.75 Å². The van der Waals surface area contributed by atoms with E-state index in [9.17, 15) is 9.18 Å². The van der Waals surface area contributed by atoms with E-state index < -0.39 is 11.8 Å². The van der Waals surface area contributed by atoms with Gasteiger partial charge in [0.2, 0.25) is 0 Å². The van der Waals surface area contributed by atoms with Crippen molar-refractivity contribution in [1.82, 2.24) is 0 Å². The molecule has 0 aromatic heterocycles. The molecular formula is C12H11FO3. The van der Waals surface area contributed by atoms with Crippen molar-refractivity contribution in [2.45, 2.75) is 13.3 Å². The van der Waals surface area contributed by atoms with E-state index >= 15 is 0 Å². The van der Waals surface area contributed by atoms with Crippen LogP contribution in [0.1, 0.15) is 18.9 Å². The molecule has 1 rings (SSSR count). The minimum Gasteiger partial charge on any atom is -0.493 e. The van der Waals surface area contributed by atoms with Crippen molar-refractivity contribution in [3.8, 4) is 17.6 Å². The van der Waals surface area contributed by atoms with E-state index in [1.165, 1.54) is 18.2 Å². The molecule has 4 heteroatoms. The molecule has 0 fully saturated rings. The highest BCUT2D eigenvalue weighted by Crippen LogP contribution is 2.18. The van der Waals surface area contributed by atoms with E-state index in [-0.39, 0.29) is 6.42 Å². The first-order valence-electron chi connectivity index (χ1n) is 4.76. The molecule has 0 heterocycles. The van der Waals surface area contributed by atoms with Gasteiger partial charge in [-0.25, -0.2) is 4.39 Å². The smallest absolute Gasteiger partial charge is 0.315 e. The monoisotopic (exact) mass is 222 g/mol. The molecule has 16 heavy (non-hydrogen) atoms. The summed E-state index contributed by atoms with van der Waals surface area (Å²) in [4.78, 5) is 10.3. The molecule has 0 bridgehead atoms. The molecule has 84 valence electrons. The van der Waals surface area contributed by atoms with Crippen molar-refractivity contribution in [2.24, 2.45) is 0 Å². The second kappa shape index (κ2) is 5.76. The lowest BCUT2D eigenvalue weighted by molar-refractivity contribution is -0.135. The molecule has 0 radical (unpaired) electrons. The molecule has 0 unspecified atom stereocenters. The second-order valence-electron chi connectivity index (χ2n) is 2.95. The molecule has 1 aromatic rings. The van der Waals surface area contributed by atoms with Crippen molar-refractivity contribution in [3.05, 3.63) is 29.6 Å². The molecule has 1 aromatic carbocycles. The Labute approximate surface area is 92.9 Å². The van der Waals surface area contributed by atoms with Crippen LogP contribution in [0.2, 0.25) is 0 Å². The number of hydrogen-bond acceptors (Lipinski definition) is 2. The quantitative estimate of drug-likeness (QED) is 0.796. The Hall–Kier alpha value is -2.02. The van der Waals surface area contributed by atoms with Crippen LogP contribution >= 0.6 is 0 Å². The van der Waals surface area contributed by atoms with Crippen LogP contribution in [0.15, 0.2) is 18.2 Å². The zero-order valence-electron chi connectivity index (χ0n) is 8.79. The summed E-state index contributed by atoms with van der Waals surface area (Å²) in [6, 6.07) is 3.97. The van der Waals surface area contributed by atoms with Gasteiger partial charge in [0.25, 0.3) is 0 Å². The first kappa shape index (κ1) is 12.1. The van der Waals surface area contributed by atoms with Crippen molar-refractivity contribution in [2.75, 3.05) is 6.61 Å². The maximum Gasteiger partial charge on any atom is 0.315 e. The van der Waals surface area contributed by atoms with Crippen LogP contribution in [-0.4, -0.2) is 17.7 Å². The molecule has 0 aliphatic heterocycles. The summed E-state index contributed by atoms with van der Waals surface area (Å²) in [5, 5.41) is 8.41. The summed E-state index contributed by atoms with van der Waals surface area (Å²) >= 11 is 0. The zero-order valence-corrected chi connectivity index (χ0v) is 8.79. The maximum absolute atomic E-state index is 12.9. The van der Waals surface area contributed by atoms with Gasteiger partial charge < -0.3 is 9.84 Å². The third-order valence-electron chi connectivity index (χ3n) is 1.70. The topological polar surface area (TPSA) is 46.5 Å². The standard InChI is InChI=1S/C12H11FO3/c1-2-16-11-7-6-10(13)8-9(11)4-3-5-12(14)15/h6-8H,2,5H2,1H3,(H,14,15). The molecule has 1 N–H and O–H groups in total. The zero-order chi connectivity index (χ0) is 12.0. The predicted octanol–water partition coefficient (Wildman–Crippen LogP) is 2.05. The Morgan fingerprint density at radius 3 is 2.94 bits per heavy atom. The lowest BCUT2D eigenvalue weighted by atomic mass is 10.2. The lowest BCUT2D eigenvalue weighted by Crippen LogP contribution is -1.95. The number of halogens is 1. The van der Waals surface area contributed by atoms with Gasteiger partial charge in [0.05, 0.1) is 12.2 Å². The summed E-state index contributed by atoms with van der Waals surface area (Å²) in [5.74, 6) is 4.03. The molecule has 0 amide bonds. The fourth-order valence-electron chi connectivity index (χ4n) is 1.10. The van der Waals surface area contributed by atoms with Crippen molar-refractivity contribution < 1.29 is 19.0 Å². The van der Waals surface area contributed by atoms with E-state index in [4.69, 9.17) is 9.84 Å². The molecule has 0 aliphatic carbocycles. The average Bonchev–Trinajstić information content (AvgIpc) is 2.21. The highest BCUT2D eigenvalue weighted by molar-refractivity contribution is 5.70. The van der Waals surface area contributed by atoms with Gasteiger partial charge in [-0.05, 0) is 25.1 Å². The van der Waals surface area contributed by atoms with Gasteiger partial charge in [0, 0.05) is 0 Å².